The maximum atomic E-state index is 13.5. The van der Waals surface area contributed by atoms with Gasteiger partial charge in [0.2, 0.25) is 0 Å². The number of alkyl halides is 6. The van der Waals surface area contributed by atoms with E-state index in [1.807, 2.05) is 0 Å². The second kappa shape index (κ2) is 9.04. The number of halogens is 6. The Bertz CT molecular complexity index is 1220. The van der Waals surface area contributed by atoms with E-state index >= 15 is 0 Å². The molecule has 1 aromatic heterocycles. The van der Waals surface area contributed by atoms with Crippen LogP contribution in [0.15, 0.2) is 30.3 Å². The Balaban J connectivity index is 1.82. The first-order chi connectivity index (χ1) is 16.3. The average molecular weight is 498 g/mol. The summed E-state index contributed by atoms with van der Waals surface area (Å²) in [4.78, 5) is 2.94. The number of hydrogen-bond acceptors (Lipinski definition) is 5. The Morgan fingerprint density at radius 2 is 1.77 bits per heavy atom. The molecule has 1 unspecified atom stereocenters. The van der Waals surface area contributed by atoms with Crippen LogP contribution in [0, 0.1) is 13.8 Å². The highest BCUT2D eigenvalue weighted by molar-refractivity contribution is 5.60. The fraction of sp³-hybridized carbons (Fsp3) is 0.435. The highest BCUT2D eigenvalue weighted by Gasteiger charge is 2.36. The number of nitrogens with one attached hydrogen (secondary N) is 1. The molecule has 4 rings (SSSR count). The number of fused-ring (bicyclic) bond motifs is 1. The van der Waals surface area contributed by atoms with E-state index in [2.05, 4.69) is 20.7 Å². The van der Waals surface area contributed by atoms with Crippen LogP contribution in [0.4, 0.5) is 38.0 Å². The molecule has 0 saturated carbocycles. The minimum absolute atomic E-state index is 0.0145. The first kappa shape index (κ1) is 24.8. The number of anilines is 2. The summed E-state index contributed by atoms with van der Waals surface area (Å²) >= 11 is 0. The van der Waals surface area contributed by atoms with Crippen molar-refractivity contribution >= 4 is 11.6 Å². The zero-order chi connectivity index (χ0) is 25.5. The maximum Gasteiger partial charge on any atom is 0.416 e. The number of hydrogen-bond donors (Lipinski definition) is 1. The number of tetrazole rings is 1. The second-order valence-electron chi connectivity index (χ2n) is 8.75. The van der Waals surface area contributed by atoms with Gasteiger partial charge in [-0.1, -0.05) is 22.8 Å². The molecule has 0 amide bonds. The molecule has 3 aromatic rings. The Labute approximate surface area is 197 Å². The third kappa shape index (κ3) is 5.35. The molecular weight excluding hydrogens is 474 g/mol. The molecule has 0 radical (unpaired) electrons. The lowest BCUT2D eigenvalue weighted by atomic mass is 9.94. The van der Waals surface area contributed by atoms with Gasteiger partial charge in [0, 0.05) is 18.8 Å². The van der Waals surface area contributed by atoms with Gasteiger partial charge >= 0.3 is 12.4 Å². The van der Waals surface area contributed by atoms with Crippen LogP contribution < -0.4 is 10.2 Å². The van der Waals surface area contributed by atoms with Gasteiger partial charge in [0.1, 0.15) is 0 Å². The van der Waals surface area contributed by atoms with Crippen molar-refractivity contribution < 1.29 is 26.3 Å². The summed E-state index contributed by atoms with van der Waals surface area (Å²) in [5.41, 5.74) is 0.313. The molecule has 1 atom stereocenters. The molecular formula is C23H24F6N6. The van der Waals surface area contributed by atoms with Crippen LogP contribution in [0.1, 0.15) is 52.3 Å². The van der Waals surface area contributed by atoms with E-state index in [0.717, 1.165) is 18.2 Å². The maximum absolute atomic E-state index is 13.5. The van der Waals surface area contributed by atoms with Crippen molar-refractivity contribution in [3.8, 4) is 0 Å². The molecule has 188 valence electrons. The molecule has 0 saturated heterocycles. The zero-order valence-electron chi connectivity index (χ0n) is 19.3. The number of aromatic nitrogens is 4. The topological polar surface area (TPSA) is 58.9 Å². The first-order valence-corrected chi connectivity index (χ1v) is 11.0. The van der Waals surface area contributed by atoms with Crippen molar-refractivity contribution in [1.82, 2.24) is 20.2 Å². The van der Waals surface area contributed by atoms with E-state index in [-0.39, 0.29) is 18.1 Å². The lowest BCUT2D eigenvalue weighted by Gasteiger charge is -2.32. The van der Waals surface area contributed by atoms with Gasteiger partial charge in [0.05, 0.1) is 24.2 Å². The lowest BCUT2D eigenvalue weighted by Crippen LogP contribution is -2.30. The fourth-order valence-electron chi connectivity index (χ4n) is 4.49. The van der Waals surface area contributed by atoms with Gasteiger partial charge in [-0.05, 0) is 66.8 Å². The van der Waals surface area contributed by atoms with Gasteiger partial charge < -0.3 is 10.2 Å². The quantitative estimate of drug-likeness (QED) is 0.460. The molecule has 6 nitrogen and oxygen atoms in total. The van der Waals surface area contributed by atoms with E-state index in [4.69, 9.17) is 0 Å². The van der Waals surface area contributed by atoms with Crippen LogP contribution in [-0.2, 0) is 25.9 Å². The zero-order valence-corrected chi connectivity index (χ0v) is 19.3. The summed E-state index contributed by atoms with van der Waals surface area (Å²) in [6.45, 7) is 3.44. The Morgan fingerprint density at radius 3 is 2.40 bits per heavy atom. The molecule has 35 heavy (non-hydrogen) atoms. The SMILES string of the molecule is Cc1cc(CN(c2nnn(C)n2)C2CCCNc3cc(C(F)(F)F)c(C)cc32)cc(C(F)(F)F)c1. The molecule has 2 aromatic carbocycles. The van der Waals surface area contributed by atoms with Gasteiger partial charge in [0.15, 0.2) is 0 Å². The van der Waals surface area contributed by atoms with E-state index in [1.54, 1.807) is 24.9 Å². The van der Waals surface area contributed by atoms with Gasteiger partial charge in [-0.15, -0.1) is 5.10 Å². The third-order valence-electron chi connectivity index (χ3n) is 5.98. The van der Waals surface area contributed by atoms with Crippen LogP contribution in [0.2, 0.25) is 0 Å². The molecule has 2 heterocycles. The Kier molecular flexibility index (Phi) is 6.41. The van der Waals surface area contributed by atoms with E-state index in [1.165, 1.54) is 17.8 Å². The van der Waals surface area contributed by atoms with Crippen molar-refractivity contribution in [2.45, 2.75) is 51.6 Å². The van der Waals surface area contributed by atoms with E-state index < -0.39 is 29.5 Å². The summed E-state index contributed by atoms with van der Waals surface area (Å²) < 4.78 is 81.0. The standard InChI is InChI=1S/C23H24F6N6/c1-13-7-15(10-16(8-13)22(24,25)26)12-35(21-31-33-34(3)32-21)20-5-4-6-30-19-11-18(23(27,28)29)14(2)9-17(19)20/h7-11,20,30H,4-6,12H2,1-3H3. The average Bonchev–Trinajstić information content (AvgIpc) is 3.06. The second-order valence-corrected chi connectivity index (χ2v) is 8.75. The minimum atomic E-state index is -4.51. The fourth-order valence-corrected chi connectivity index (χ4v) is 4.49. The number of rotatable bonds is 4. The molecule has 0 bridgehead atoms. The van der Waals surface area contributed by atoms with Crippen LogP contribution in [0.3, 0.4) is 0 Å². The van der Waals surface area contributed by atoms with Crippen LogP contribution in [0.25, 0.3) is 0 Å². The van der Waals surface area contributed by atoms with Gasteiger partial charge in [0.25, 0.3) is 5.95 Å². The third-order valence-corrected chi connectivity index (χ3v) is 5.98. The molecule has 0 fully saturated rings. The molecule has 0 aliphatic carbocycles. The number of nitrogens with zero attached hydrogens (tertiary/aromatic N) is 5. The predicted octanol–water partition coefficient (Wildman–Crippen LogP) is 5.82. The highest BCUT2D eigenvalue weighted by atomic mass is 19.4. The normalized spacial score (nSPS) is 16.4. The van der Waals surface area contributed by atoms with Gasteiger partial charge in [-0.3, -0.25) is 0 Å². The number of aryl methyl sites for hydroxylation is 3. The van der Waals surface area contributed by atoms with Crippen molar-refractivity contribution in [2.24, 2.45) is 7.05 Å². The van der Waals surface area contributed by atoms with Crippen LogP contribution in [0.5, 0.6) is 0 Å². The first-order valence-electron chi connectivity index (χ1n) is 11.0. The minimum Gasteiger partial charge on any atom is -0.385 e. The number of benzene rings is 2. The predicted molar refractivity (Wildman–Crippen MR) is 118 cm³/mol. The highest BCUT2D eigenvalue weighted by Crippen LogP contribution is 2.42. The van der Waals surface area contributed by atoms with Crippen molar-refractivity contribution in [3.05, 3.63) is 63.7 Å². The molecule has 1 aliphatic heterocycles. The largest absolute Gasteiger partial charge is 0.416 e. The summed E-state index contributed by atoms with van der Waals surface area (Å²) in [5.74, 6) is 0.179. The summed E-state index contributed by atoms with van der Waals surface area (Å²) in [5, 5.41) is 15.3. The van der Waals surface area contributed by atoms with E-state index in [9.17, 15) is 26.3 Å². The smallest absolute Gasteiger partial charge is 0.385 e. The molecule has 12 heteroatoms. The van der Waals surface area contributed by atoms with Gasteiger partial charge in [-0.25, -0.2) is 0 Å². The summed E-state index contributed by atoms with van der Waals surface area (Å²) in [7, 11) is 1.56. The molecule has 1 aliphatic rings. The summed E-state index contributed by atoms with van der Waals surface area (Å²) in [6, 6.07) is 5.89. The van der Waals surface area contributed by atoms with E-state index in [0.29, 0.717) is 41.8 Å². The molecule has 1 N–H and O–H groups in total. The van der Waals surface area contributed by atoms with Gasteiger partial charge in [-0.2, -0.15) is 31.1 Å². The van der Waals surface area contributed by atoms with Crippen LogP contribution in [-0.4, -0.2) is 26.8 Å². The van der Waals surface area contributed by atoms with Crippen molar-refractivity contribution in [2.75, 3.05) is 16.8 Å². The van der Waals surface area contributed by atoms with Crippen LogP contribution >= 0.6 is 0 Å². The monoisotopic (exact) mass is 498 g/mol. The molecule has 0 spiro atoms. The Hall–Kier alpha value is -3.31. The summed E-state index contributed by atoms with van der Waals surface area (Å²) in [6.07, 6.45) is -7.87. The Morgan fingerprint density at radius 1 is 1.03 bits per heavy atom. The van der Waals surface area contributed by atoms with Crippen molar-refractivity contribution in [3.63, 3.8) is 0 Å². The lowest BCUT2D eigenvalue weighted by molar-refractivity contribution is -0.138. The van der Waals surface area contributed by atoms with Crippen molar-refractivity contribution in [1.29, 1.82) is 0 Å².